The van der Waals surface area contributed by atoms with Gasteiger partial charge in [0.05, 0.1) is 0 Å². The predicted octanol–water partition coefficient (Wildman–Crippen LogP) is 11.8. The lowest BCUT2D eigenvalue weighted by Gasteiger charge is -2.11. The molecule has 230 valence electrons. The summed E-state index contributed by atoms with van der Waals surface area (Å²) in [5.41, 5.74) is 11.3. The van der Waals surface area contributed by atoms with Crippen molar-refractivity contribution in [3.05, 3.63) is 176 Å². The number of hydrogen-bond acceptors (Lipinski definition) is 4. The largest absolute Gasteiger partial charge is 0.456 e. The molecule has 2 heterocycles. The van der Waals surface area contributed by atoms with Gasteiger partial charge in [-0.15, -0.1) is 0 Å². The third kappa shape index (κ3) is 5.56. The summed E-state index contributed by atoms with van der Waals surface area (Å²) in [6.07, 6.45) is 0. The van der Waals surface area contributed by atoms with Gasteiger partial charge in [0.1, 0.15) is 11.2 Å². The Kier molecular flexibility index (Phi) is 7.10. The van der Waals surface area contributed by atoms with Crippen LogP contribution in [0.2, 0.25) is 0 Å². The van der Waals surface area contributed by atoms with Gasteiger partial charge in [-0.2, -0.15) is 0 Å². The molecular weight excluding hydrogens is 599 g/mol. The highest BCUT2D eigenvalue weighted by atomic mass is 16.3. The minimum absolute atomic E-state index is 0.622. The van der Waals surface area contributed by atoms with Gasteiger partial charge in [0.15, 0.2) is 17.5 Å². The zero-order valence-corrected chi connectivity index (χ0v) is 26.5. The minimum Gasteiger partial charge on any atom is -0.456 e. The second kappa shape index (κ2) is 12.2. The third-order valence-electron chi connectivity index (χ3n) is 8.97. The molecule has 0 bridgehead atoms. The van der Waals surface area contributed by atoms with E-state index in [2.05, 4.69) is 146 Å². The van der Waals surface area contributed by atoms with Gasteiger partial charge in [-0.05, 0) is 57.6 Å². The molecule has 0 N–H and O–H groups in total. The van der Waals surface area contributed by atoms with E-state index in [1.165, 1.54) is 5.56 Å². The summed E-state index contributed by atoms with van der Waals surface area (Å²) in [7, 11) is 0. The van der Waals surface area contributed by atoms with Crippen LogP contribution >= 0.6 is 0 Å². The molecule has 7 aromatic carbocycles. The Morgan fingerprint density at radius 2 is 0.673 bits per heavy atom. The quantitative estimate of drug-likeness (QED) is 0.184. The maximum atomic E-state index is 6.16. The van der Waals surface area contributed by atoms with Crippen molar-refractivity contribution in [3.8, 4) is 67.5 Å². The first-order chi connectivity index (χ1) is 24.2. The summed E-state index contributed by atoms with van der Waals surface area (Å²) in [6, 6.07) is 60.5. The number of benzene rings is 7. The van der Waals surface area contributed by atoms with E-state index >= 15 is 0 Å². The van der Waals surface area contributed by atoms with Crippen molar-refractivity contribution >= 4 is 21.9 Å². The molecule has 0 aliphatic rings. The Morgan fingerprint density at radius 1 is 0.265 bits per heavy atom. The van der Waals surface area contributed by atoms with E-state index < -0.39 is 0 Å². The average Bonchev–Trinajstić information content (AvgIpc) is 3.57. The SMILES string of the molecule is c1ccc(-c2ccc(-c3nc(-c4ccc(-c5ccc6c(c5)oc5ccccc56)cc4)nc(-c4cccc(-c5ccccc5)c4)n3)cc2)cc1. The molecule has 49 heavy (non-hydrogen) atoms. The number of furan rings is 1. The van der Waals surface area contributed by atoms with E-state index in [1.807, 2.05) is 30.3 Å². The van der Waals surface area contributed by atoms with Crippen molar-refractivity contribution in [3.63, 3.8) is 0 Å². The van der Waals surface area contributed by atoms with Crippen LogP contribution in [0, 0.1) is 0 Å². The molecule has 0 fully saturated rings. The smallest absolute Gasteiger partial charge is 0.164 e. The second-order valence-corrected chi connectivity index (χ2v) is 12.1. The topological polar surface area (TPSA) is 51.8 Å². The summed E-state index contributed by atoms with van der Waals surface area (Å²) < 4.78 is 6.16. The fraction of sp³-hybridized carbons (Fsp3) is 0. The van der Waals surface area contributed by atoms with Crippen LogP contribution in [0.25, 0.3) is 89.5 Å². The lowest BCUT2D eigenvalue weighted by molar-refractivity contribution is 0.669. The molecule has 0 aliphatic heterocycles. The fourth-order valence-corrected chi connectivity index (χ4v) is 6.39. The summed E-state index contributed by atoms with van der Waals surface area (Å²) in [5.74, 6) is 1.88. The van der Waals surface area contributed by atoms with Gasteiger partial charge in [-0.1, -0.05) is 152 Å². The van der Waals surface area contributed by atoms with Crippen molar-refractivity contribution in [2.45, 2.75) is 0 Å². The lowest BCUT2D eigenvalue weighted by Crippen LogP contribution is -2.00. The molecule has 9 aromatic rings. The van der Waals surface area contributed by atoms with Gasteiger partial charge >= 0.3 is 0 Å². The van der Waals surface area contributed by atoms with Crippen LogP contribution in [0.4, 0.5) is 0 Å². The van der Waals surface area contributed by atoms with Gasteiger partial charge in [0.2, 0.25) is 0 Å². The number of rotatable bonds is 6. The molecule has 0 amide bonds. The summed E-state index contributed by atoms with van der Waals surface area (Å²) >= 11 is 0. The van der Waals surface area contributed by atoms with Crippen LogP contribution in [-0.4, -0.2) is 15.0 Å². The monoisotopic (exact) mass is 627 g/mol. The van der Waals surface area contributed by atoms with Crippen LogP contribution < -0.4 is 0 Å². The first kappa shape index (κ1) is 28.6. The number of para-hydroxylation sites is 1. The zero-order chi connectivity index (χ0) is 32.6. The standard InChI is InChI=1S/C45H29N3O/c1-3-10-30(11-4-1)32-18-22-34(23-19-32)43-46-44(48-45(47-43)38-15-9-14-36(28-38)31-12-5-2-6-13-31)35-24-20-33(21-25-35)37-26-27-40-39-16-7-8-17-41(39)49-42(40)29-37/h1-29H. The highest BCUT2D eigenvalue weighted by Crippen LogP contribution is 2.34. The summed E-state index contributed by atoms with van der Waals surface area (Å²) in [5, 5.41) is 2.25. The van der Waals surface area contributed by atoms with Crippen LogP contribution in [0.5, 0.6) is 0 Å². The van der Waals surface area contributed by atoms with Gasteiger partial charge in [0.25, 0.3) is 0 Å². The van der Waals surface area contributed by atoms with E-state index in [-0.39, 0.29) is 0 Å². The Morgan fingerprint density at radius 3 is 1.33 bits per heavy atom. The first-order valence-electron chi connectivity index (χ1n) is 16.4. The van der Waals surface area contributed by atoms with E-state index in [0.29, 0.717) is 17.5 Å². The molecule has 0 unspecified atom stereocenters. The number of hydrogen-bond donors (Lipinski definition) is 0. The van der Waals surface area contributed by atoms with Gasteiger partial charge < -0.3 is 4.42 Å². The van der Waals surface area contributed by atoms with Crippen molar-refractivity contribution in [2.24, 2.45) is 0 Å². The molecule has 0 saturated carbocycles. The summed E-state index contributed by atoms with van der Waals surface area (Å²) in [4.78, 5) is 15.1. The normalized spacial score (nSPS) is 11.3. The van der Waals surface area contributed by atoms with E-state index in [0.717, 1.165) is 66.4 Å². The van der Waals surface area contributed by atoms with Crippen LogP contribution in [-0.2, 0) is 0 Å². The van der Waals surface area contributed by atoms with Gasteiger partial charge in [-0.25, -0.2) is 15.0 Å². The Hall–Kier alpha value is -6.65. The van der Waals surface area contributed by atoms with Crippen molar-refractivity contribution in [1.29, 1.82) is 0 Å². The summed E-state index contributed by atoms with van der Waals surface area (Å²) in [6.45, 7) is 0. The molecule has 9 rings (SSSR count). The van der Waals surface area contributed by atoms with Crippen LogP contribution in [0.15, 0.2) is 180 Å². The predicted molar refractivity (Wildman–Crippen MR) is 200 cm³/mol. The first-order valence-corrected chi connectivity index (χ1v) is 16.4. The Balaban J connectivity index is 1.11. The third-order valence-corrected chi connectivity index (χ3v) is 8.97. The molecule has 0 aliphatic carbocycles. The molecule has 0 spiro atoms. The van der Waals surface area contributed by atoms with Crippen molar-refractivity contribution < 1.29 is 4.42 Å². The maximum Gasteiger partial charge on any atom is 0.164 e. The van der Waals surface area contributed by atoms with Gasteiger partial charge in [0, 0.05) is 27.5 Å². The highest BCUT2D eigenvalue weighted by Gasteiger charge is 2.14. The fourth-order valence-electron chi connectivity index (χ4n) is 6.39. The minimum atomic E-state index is 0.622. The molecule has 0 radical (unpaired) electrons. The Labute approximate surface area is 284 Å². The molecule has 0 atom stereocenters. The zero-order valence-electron chi connectivity index (χ0n) is 26.5. The van der Waals surface area contributed by atoms with Crippen LogP contribution in [0.3, 0.4) is 0 Å². The van der Waals surface area contributed by atoms with Gasteiger partial charge in [-0.3, -0.25) is 0 Å². The number of aromatic nitrogens is 3. The molecule has 2 aromatic heterocycles. The Bertz CT molecular complexity index is 2570. The van der Waals surface area contributed by atoms with Crippen LogP contribution in [0.1, 0.15) is 0 Å². The number of fused-ring (bicyclic) bond motifs is 3. The van der Waals surface area contributed by atoms with E-state index in [9.17, 15) is 0 Å². The maximum absolute atomic E-state index is 6.16. The molecule has 0 saturated heterocycles. The molecule has 4 heteroatoms. The molecule has 4 nitrogen and oxygen atoms in total. The van der Waals surface area contributed by atoms with E-state index in [1.54, 1.807) is 0 Å². The number of nitrogens with zero attached hydrogens (tertiary/aromatic N) is 3. The lowest BCUT2D eigenvalue weighted by atomic mass is 10.0. The van der Waals surface area contributed by atoms with Crippen molar-refractivity contribution in [1.82, 2.24) is 15.0 Å². The van der Waals surface area contributed by atoms with E-state index in [4.69, 9.17) is 19.4 Å². The average molecular weight is 628 g/mol. The molecular formula is C45H29N3O. The van der Waals surface area contributed by atoms with Crippen molar-refractivity contribution in [2.75, 3.05) is 0 Å². The highest BCUT2D eigenvalue weighted by molar-refractivity contribution is 6.05. The second-order valence-electron chi connectivity index (χ2n) is 12.1.